The average molecular weight is 539 g/mol. The molecule has 2 aliphatic heterocycles. The molecule has 3 amide bonds. The molecule has 2 aromatic heterocycles. The number of piperidine rings is 1. The van der Waals surface area contributed by atoms with Crippen molar-refractivity contribution in [3.8, 4) is 0 Å². The van der Waals surface area contributed by atoms with Gasteiger partial charge in [0, 0.05) is 62.5 Å². The number of benzene rings is 1. The number of nitrogens with zero attached hydrogens (tertiary/aromatic N) is 4. The van der Waals surface area contributed by atoms with Gasteiger partial charge in [-0.05, 0) is 38.6 Å². The van der Waals surface area contributed by atoms with Crippen molar-refractivity contribution in [3.05, 3.63) is 51.1 Å². The second kappa shape index (κ2) is 10.8. The topological polar surface area (TPSA) is 111 Å². The van der Waals surface area contributed by atoms with Crippen LogP contribution in [0.3, 0.4) is 0 Å². The predicted octanol–water partition coefficient (Wildman–Crippen LogP) is 2.04. The fourth-order valence-corrected chi connectivity index (χ4v) is 6.44. The van der Waals surface area contributed by atoms with Gasteiger partial charge >= 0.3 is 0 Å². The van der Waals surface area contributed by atoms with Crippen LogP contribution < -0.4 is 5.32 Å². The van der Waals surface area contributed by atoms with Crippen LogP contribution in [0.1, 0.15) is 42.8 Å². The first-order valence-corrected chi connectivity index (χ1v) is 13.7. The number of hydrogen-bond acceptors (Lipinski definition) is 7. The summed E-state index contributed by atoms with van der Waals surface area (Å²) in [6, 6.07) is 7.08. The van der Waals surface area contributed by atoms with Crippen LogP contribution in [0.5, 0.6) is 0 Å². The van der Waals surface area contributed by atoms with Crippen molar-refractivity contribution in [2.24, 2.45) is 0 Å². The molecule has 0 saturated carbocycles. The van der Waals surface area contributed by atoms with Crippen molar-refractivity contribution in [1.29, 1.82) is 0 Å². The Hall–Kier alpha value is -3.28. The number of H-pyrrole nitrogens is 1. The third kappa shape index (κ3) is 5.31. The molecule has 2 N–H and O–H groups in total. The minimum atomic E-state index is -0.420. The van der Waals surface area contributed by atoms with Crippen LogP contribution in [-0.4, -0.2) is 102 Å². The van der Waals surface area contributed by atoms with E-state index in [1.807, 2.05) is 31.2 Å². The molecule has 1 aromatic carbocycles. The molecule has 2 aliphatic rings. The predicted molar refractivity (Wildman–Crippen MR) is 145 cm³/mol. The van der Waals surface area contributed by atoms with Gasteiger partial charge in [0.05, 0.1) is 17.8 Å². The Labute approximate surface area is 225 Å². The van der Waals surface area contributed by atoms with Crippen molar-refractivity contribution in [2.75, 3.05) is 47.4 Å². The van der Waals surface area contributed by atoms with Gasteiger partial charge in [0.25, 0.3) is 11.8 Å². The lowest BCUT2D eigenvalue weighted by Crippen LogP contribution is -2.62. The van der Waals surface area contributed by atoms with Gasteiger partial charge in [0.15, 0.2) is 5.01 Å². The molecule has 0 bridgehead atoms. The number of aromatic amines is 1. The molecule has 0 radical (unpaired) electrons. The summed E-state index contributed by atoms with van der Waals surface area (Å²) in [7, 11) is 5.28. The van der Waals surface area contributed by atoms with Gasteiger partial charge in [0.1, 0.15) is 12.3 Å². The third-order valence-corrected chi connectivity index (χ3v) is 8.53. The summed E-state index contributed by atoms with van der Waals surface area (Å²) in [6.45, 7) is 4.46. The van der Waals surface area contributed by atoms with E-state index in [1.54, 1.807) is 16.8 Å². The Bertz CT molecular complexity index is 1370. The smallest absolute Gasteiger partial charge is 0.282 e. The highest BCUT2D eigenvalue weighted by Gasteiger charge is 2.38. The zero-order valence-corrected chi connectivity index (χ0v) is 23.1. The van der Waals surface area contributed by atoms with Gasteiger partial charge < -0.3 is 29.7 Å². The van der Waals surface area contributed by atoms with E-state index in [-0.39, 0.29) is 30.4 Å². The van der Waals surface area contributed by atoms with Crippen LogP contribution in [0.2, 0.25) is 0 Å². The van der Waals surface area contributed by atoms with E-state index in [9.17, 15) is 14.4 Å². The SMILES string of the molecule is COCC(=O)N1CCC(NC(=O)c2cc3cc(C)ccc3[nH]2)[C@H](N(C)C(=O)c2nc3c(s2)CN(C)CC3)C1. The molecular formula is C27H34N6O4S. The van der Waals surface area contributed by atoms with E-state index in [2.05, 4.69) is 27.2 Å². The lowest BCUT2D eigenvalue weighted by molar-refractivity contribution is -0.137. The van der Waals surface area contributed by atoms with E-state index in [4.69, 9.17) is 4.74 Å². The molecule has 1 saturated heterocycles. The number of amides is 3. The average Bonchev–Trinajstić information content (AvgIpc) is 3.51. The molecule has 10 nitrogen and oxygen atoms in total. The van der Waals surface area contributed by atoms with Crippen LogP contribution in [-0.2, 0) is 22.5 Å². The maximum atomic E-state index is 13.6. The van der Waals surface area contributed by atoms with E-state index in [0.29, 0.717) is 30.2 Å². The Morgan fingerprint density at radius 3 is 2.87 bits per heavy atom. The van der Waals surface area contributed by atoms with Crippen molar-refractivity contribution in [3.63, 3.8) is 0 Å². The number of aromatic nitrogens is 2. The van der Waals surface area contributed by atoms with Crippen LogP contribution in [0.25, 0.3) is 10.9 Å². The number of methoxy groups -OCH3 is 1. The molecule has 5 rings (SSSR count). The maximum Gasteiger partial charge on any atom is 0.282 e. The van der Waals surface area contributed by atoms with Gasteiger partial charge in [-0.1, -0.05) is 11.6 Å². The van der Waals surface area contributed by atoms with Crippen molar-refractivity contribution >= 4 is 40.0 Å². The van der Waals surface area contributed by atoms with Gasteiger partial charge in [-0.2, -0.15) is 0 Å². The standard InChI is InChI=1S/C27H34N6O4S/c1-16-5-6-18-17(11-16)12-21(28-18)25(35)29-19-8-10-33(24(34)15-37-4)13-22(19)32(3)27(36)26-30-20-7-9-31(2)14-23(20)38-26/h5-6,11-12,19,22,28H,7-10,13-15H2,1-4H3,(H,29,35)/t19?,22-/m1/s1. The highest BCUT2D eigenvalue weighted by molar-refractivity contribution is 7.13. The molecule has 38 heavy (non-hydrogen) atoms. The van der Waals surface area contributed by atoms with E-state index < -0.39 is 6.04 Å². The number of ether oxygens (including phenoxy) is 1. The Balaban J connectivity index is 1.37. The van der Waals surface area contributed by atoms with Crippen molar-refractivity contribution in [2.45, 2.75) is 38.4 Å². The monoisotopic (exact) mass is 538 g/mol. The molecule has 2 atom stereocenters. The molecule has 0 aliphatic carbocycles. The molecule has 0 spiro atoms. The Kier molecular flexibility index (Phi) is 7.51. The minimum absolute atomic E-state index is 0.0252. The zero-order valence-electron chi connectivity index (χ0n) is 22.2. The van der Waals surface area contributed by atoms with Gasteiger partial charge in [0.2, 0.25) is 5.91 Å². The summed E-state index contributed by atoms with van der Waals surface area (Å²) >= 11 is 1.43. The number of carbonyl (C=O) groups is 3. The van der Waals surface area contributed by atoms with Gasteiger partial charge in [-0.3, -0.25) is 14.4 Å². The molecule has 11 heteroatoms. The number of thiazole rings is 1. The van der Waals surface area contributed by atoms with Gasteiger partial charge in [-0.15, -0.1) is 11.3 Å². The largest absolute Gasteiger partial charge is 0.375 e. The quantitative estimate of drug-likeness (QED) is 0.497. The second-order valence-corrected chi connectivity index (χ2v) is 11.4. The summed E-state index contributed by atoms with van der Waals surface area (Å²) in [6.07, 6.45) is 1.34. The van der Waals surface area contributed by atoms with Gasteiger partial charge in [-0.25, -0.2) is 4.98 Å². The normalized spacial score (nSPS) is 19.8. The summed E-state index contributed by atoms with van der Waals surface area (Å²) in [4.78, 5) is 54.1. The fourth-order valence-electron chi connectivity index (χ4n) is 5.27. The summed E-state index contributed by atoms with van der Waals surface area (Å²) in [5, 5.41) is 4.56. The molecule has 202 valence electrons. The number of rotatable bonds is 6. The first-order valence-electron chi connectivity index (χ1n) is 12.8. The number of nitrogens with one attached hydrogen (secondary N) is 2. The molecule has 1 fully saturated rings. The highest BCUT2D eigenvalue weighted by Crippen LogP contribution is 2.27. The number of carbonyl (C=O) groups excluding carboxylic acids is 3. The van der Waals surface area contributed by atoms with Crippen LogP contribution >= 0.6 is 11.3 Å². The van der Waals surface area contributed by atoms with Crippen molar-refractivity contribution < 1.29 is 19.1 Å². The van der Waals surface area contributed by atoms with E-state index in [1.165, 1.54) is 18.4 Å². The molecular weight excluding hydrogens is 504 g/mol. The molecule has 3 aromatic rings. The molecule has 1 unspecified atom stereocenters. The number of aryl methyl sites for hydroxylation is 1. The summed E-state index contributed by atoms with van der Waals surface area (Å²) in [5.41, 5.74) is 3.47. The minimum Gasteiger partial charge on any atom is -0.375 e. The zero-order chi connectivity index (χ0) is 27.0. The number of likely N-dealkylation sites (N-methyl/N-ethyl adjacent to an activating group) is 2. The van der Waals surface area contributed by atoms with Crippen LogP contribution in [0, 0.1) is 6.92 Å². The van der Waals surface area contributed by atoms with Crippen LogP contribution in [0.15, 0.2) is 24.3 Å². The highest BCUT2D eigenvalue weighted by atomic mass is 32.1. The fraction of sp³-hybridized carbons (Fsp3) is 0.481. The Morgan fingerprint density at radius 1 is 1.26 bits per heavy atom. The van der Waals surface area contributed by atoms with Crippen LogP contribution in [0.4, 0.5) is 0 Å². The number of hydrogen-bond donors (Lipinski definition) is 2. The first kappa shape index (κ1) is 26.3. The summed E-state index contributed by atoms with van der Waals surface area (Å²) in [5.74, 6) is -0.570. The Morgan fingerprint density at radius 2 is 2.08 bits per heavy atom. The van der Waals surface area contributed by atoms with E-state index >= 15 is 0 Å². The maximum absolute atomic E-state index is 13.6. The molecule has 4 heterocycles. The third-order valence-electron chi connectivity index (χ3n) is 7.46. The second-order valence-electron chi connectivity index (χ2n) is 10.3. The van der Waals surface area contributed by atoms with Crippen molar-refractivity contribution in [1.82, 2.24) is 30.0 Å². The number of fused-ring (bicyclic) bond motifs is 2. The number of likely N-dealkylation sites (tertiary alicyclic amines) is 1. The summed E-state index contributed by atoms with van der Waals surface area (Å²) < 4.78 is 5.05. The lowest BCUT2D eigenvalue weighted by atomic mass is 9.97. The lowest BCUT2D eigenvalue weighted by Gasteiger charge is -2.42. The first-order chi connectivity index (χ1) is 18.2. The van der Waals surface area contributed by atoms with E-state index in [0.717, 1.165) is 46.5 Å².